The van der Waals surface area contributed by atoms with Crippen LogP contribution in [0.2, 0.25) is 5.02 Å². The molecule has 6 heteroatoms. The first-order valence-electron chi connectivity index (χ1n) is 7.01. The highest BCUT2D eigenvalue weighted by molar-refractivity contribution is 8.00. The van der Waals surface area contributed by atoms with E-state index in [1.807, 2.05) is 44.2 Å². The second-order valence-corrected chi connectivity index (χ2v) is 6.89. The monoisotopic (exact) mass is 364 g/mol. The molecule has 2 rings (SSSR count). The van der Waals surface area contributed by atoms with Crippen LogP contribution < -0.4 is 10.6 Å². The van der Waals surface area contributed by atoms with Gasteiger partial charge < -0.3 is 10.6 Å². The molecule has 0 spiro atoms. The molecule has 1 amide bonds. The Morgan fingerprint density at radius 3 is 2.57 bits per heavy atom. The zero-order chi connectivity index (χ0) is 16.8. The van der Waals surface area contributed by atoms with Crippen LogP contribution in [0.15, 0.2) is 47.4 Å². The third kappa shape index (κ3) is 5.53. The summed E-state index contributed by atoms with van der Waals surface area (Å²) in [5.74, 6) is 0.142. The number of carbonyl (C=O) groups is 1. The van der Waals surface area contributed by atoms with Crippen LogP contribution in [0.1, 0.15) is 11.1 Å². The summed E-state index contributed by atoms with van der Waals surface area (Å²) in [7, 11) is 0. The number of hydrogen-bond acceptors (Lipinski definition) is 3. The summed E-state index contributed by atoms with van der Waals surface area (Å²) in [6.07, 6.45) is 0. The maximum atomic E-state index is 12.0. The summed E-state index contributed by atoms with van der Waals surface area (Å²) in [4.78, 5) is 12.9. The van der Waals surface area contributed by atoms with Gasteiger partial charge in [-0.3, -0.25) is 4.79 Å². The van der Waals surface area contributed by atoms with E-state index >= 15 is 0 Å². The predicted molar refractivity (Wildman–Crippen MR) is 102 cm³/mol. The van der Waals surface area contributed by atoms with Crippen molar-refractivity contribution in [1.29, 1.82) is 0 Å². The van der Waals surface area contributed by atoms with Gasteiger partial charge in [0, 0.05) is 15.6 Å². The number of nitrogens with one attached hydrogen (secondary N) is 2. The van der Waals surface area contributed by atoms with Crippen LogP contribution in [-0.4, -0.2) is 16.8 Å². The molecule has 3 nitrogen and oxygen atoms in total. The van der Waals surface area contributed by atoms with E-state index in [1.165, 1.54) is 17.3 Å². The number of halogens is 1. The van der Waals surface area contributed by atoms with Crippen LogP contribution in [0.3, 0.4) is 0 Å². The number of rotatable bonds is 4. The van der Waals surface area contributed by atoms with Gasteiger partial charge >= 0.3 is 0 Å². The number of thiocarbonyl (C=S) groups is 1. The lowest BCUT2D eigenvalue weighted by atomic mass is 10.1. The van der Waals surface area contributed by atoms with Crippen molar-refractivity contribution in [3.63, 3.8) is 0 Å². The Morgan fingerprint density at radius 2 is 1.87 bits per heavy atom. The number of amides is 1. The fourth-order valence-corrected chi connectivity index (χ4v) is 2.93. The Balaban J connectivity index is 1.84. The van der Waals surface area contributed by atoms with Gasteiger partial charge in [-0.1, -0.05) is 23.7 Å². The second-order valence-electron chi connectivity index (χ2n) is 4.99. The molecule has 2 aromatic carbocycles. The van der Waals surface area contributed by atoms with E-state index < -0.39 is 0 Å². The van der Waals surface area contributed by atoms with Crippen LogP contribution in [0.25, 0.3) is 0 Å². The SMILES string of the molecule is Cc1cccc(NC(=S)NC(=O)CSc2ccc(Cl)cc2)c1C. The van der Waals surface area contributed by atoms with Crippen molar-refractivity contribution in [2.24, 2.45) is 0 Å². The van der Waals surface area contributed by atoms with Crippen molar-refractivity contribution in [1.82, 2.24) is 5.32 Å². The van der Waals surface area contributed by atoms with Gasteiger partial charge in [-0.15, -0.1) is 11.8 Å². The molecule has 0 aliphatic carbocycles. The van der Waals surface area contributed by atoms with Crippen LogP contribution in [0.4, 0.5) is 5.69 Å². The van der Waals surface area contributed by atoms with Crippen LogP contribution in [-0.2, 0) is 4.79 Å². The quantitative estimate of drug-likeness (QED) is 0.616. The molecule has 0 radical (unpaired) electrons. The number of aryl methyl sites for hydroxylation is 1. The van der Waals surface area contributed by atoms with Gasteiger partial charge in [-0.25, -0.2) is 0 Å². The van der Waals surface area contributed by atoms with Gasteiger partial charge in [0.25, 0.3) is 0 Å². The highest BCUT2D eigenvalue weighted by Crippen LogP contribution is 2.20. The molecule has 0 unspecified atom stereocenters. The number of carbonyl (C=O) groups excluding carboxylic acids is 1. The maximum absolute atomic E-state index is 12.0. The Bertz CT molecular complexity index is 717. The Hall–Kier alpha value is -1.56. The van der Waals surface area contributed by atoms with E-state index in [2.05, 4.69) is 10.6 Å². The third-order valence-corrected chi connectivity index (χ3v) is 4.76. The van der Waals surface area contributed by atoms with E-state index in [1.54, 1.807) is 12.1 Å². The van der Waals surface area contributed by atoms with E-state index in [0.717, 1.165) is 16.1 Å². The van der Waals surface area contributed by atoms with Gasteiger partial charge in [-0.05, 0) is 67.5 Å². The Kier molecular flexibility index (Phi) is 6.45. The van der Waals surface area contributed by atoms with E-state index in [9.17, 15) is 4.79 Å². The van der Waals surface area contributed by atoms with Crippen molar-refractivity contribution < 1.29 is 4.79 Å². The minimum Gasteiger partial charge on any atom is -0.332 e. The highest BCUT2D eigenvalue weighted by atomic mass is 35.5. The van der Waals surface area contributed by atoms with Crippen LogP contribution in [0, 0.1) is 13.8 Å². The largest absolute Gasteiger partial charge is 0.332 e. The molecule has 2 N–H and O–H groups in total. The van der Waals surface area contributed by atoms with Gasteiger partial charge in [-0.2, -0.15) is 0 Å². The molecule has 0 fully saturated rings. The first-order chi connectivity index (χ1) is 11.0. The average Bonchev–Trinajstić information content (AvgIpc) is 2.51. The maximum Gasteiger partial charge on any atom is 0.236 e. The molecule has 0 aliphatic heterocycles. The van der Waals surface area contributed by atoms with Gasteiger partial charge in [0.15, 0.2) is 5.11 Å². The summed E-state index contributed by atoms with van der Waals surface area (Å²) in [5.41, 5.74) is 3.18. The molecule has 0 bridgehead atoms. The molecule has 0 heterocycles. The molecule has 0 atom stereocenters. The number of thioether (sulfide) groups is 1. The summed E-state index contributed by atoms with van der Waals surface area (Å²) in [5, 5.41) is 6.74. The summed E-state index contributed by atoms with van der Waals surface area (Å²) in [6.45, 7) is 4.05. The smallest absolute Gasteiger partial charge is 0.236 e. The zero-order valence-electron chi connectivity index (χ0n) is 12.9. The molecule has 0 aromatic heterocycles. The predicted octanol–water partition coefficient (Wildman–Crippen LogP) is 4.56. The lowest BCUT2D eigenvalue weighted by Crippen LogP contribution is -2.35. The summed E-state index contributed by atoms with van der Waals surface area (Å²) in [6, 6.07) is 13.3. The number of benzene rings is 2. The fourth-order valence-electron chi connectivity index (χ4n) is 1.88. The minimum atomic E-state index is -0.146. The van der Waals surface area contributed by atoms with Crippen LogP contribution in [0.5, 0.6) is 0 Å². The molecular formula is C17H17ClN2OS2. The average molecular weight is 365 g/mol. The first-order valence-corrected chi connectivity index (χ1v) is 8.78. The highest BCUT2D eigenvalue weighted by Gasteiger charge is 2.07. The summed E-state index contributed by atoms with van der Waals surface area (Å²) >= 11 is 12.5. The van der Waals surface area contributed by atoms with Gasteiger partial charge in [0.05, 0.1) is 5.75 Å². The van der Waals surface area contributed by atoms with Crippen molar-refractivity contribution in [2.75, 3.05) is 11.1 Å². The summed E-state index contributed by atoms with van der Waals surface area (Å²) < 4.78 is 0. The van der Waals surface area contributed by atoms with Gasteiger partial charge in [0.1, 0.15) is 0 Å². The molecule has 0 aliphatic rings. The van der Waals surface area contributed by atoms with Crippen molar-refractivity contribution in [2.45, 2.75) is 18.7 Å². The Labute approximate surface area is 150 Å². The standard InChI is InChI=1S/C17H17ClN2OS2/c1-11-4-3-5-15(12(11)2)19-17(22)20-16(21)10-23-14-8-6-13(18)7-9-14/h3-9H,10H2,1-2H3,(H2,19,20,21,22). The topological polar surface area (TPSA) is 41.1 Å². The molecule has 0 saturated carbocycles. The normalized spacial score (nSPS) is 10.2. The van der Waals surface area contributed by atoms with Crippen molar-refractivity contribution in [3.05, 3.63) is 58.6 Å². The van der Waals surface area contributed by atoms with Crippen molar-refractivity contribution >= 4 is 52.3 Å². The molecule has 0 saturated heterocycles. The lowest BCUT2D eigenvalue weighted by Gasteiger charge is -2.13. The molecular weight excluding hydrogens is 348 g/mol. The van der Waals surface area contributed by atoms with Crippen LogP contribution >= 0.6 is 35.6 Å². The van der Waals surface area contributed by atoms with E-state index in [4.69, 9.17) is 23.8 Å². The molecule has 120 valence electrons. The minimum absolute atomic E-state index is 0.146. The molecule has 2 aromatic rings. The molecule has 23 heavy (non-hydrogen) atoms. The zero-order valence-corrected chi connectivity index (χ0v) is 15.2. The van der Waals surface area contributed by atoms with E-state index in [0.29, 0.717) is 10.1 Å². The van der Waals surface area contributed by atoms with Crippen molar-refractivity contribution in [3.8, 4) is 0 Å². The Morgan fingerprint density at radius 1 is 1.17 bits per heavy atom. The van der Waals surface area contributed by atoms with E-state index in [-0.39, 0.29) is 11.7 Å². The third-order valence-electron chi connectivity index (χ3n) is 3.29. The lowest BCUT2D eigenvalue weighted by molar-refractivity contribution is -0.117. The first kappa shape index (κ1) is 17.8. The second kappa shape index (κ2) is 8.34. The van der Waals surface area contributed by atoms with Gasteiger partial charge in [0.2, 0.25) is 5.91 Å². The number of hydrogen-bond donors (Lipinski definition) is 2. The fraction of sp³-hybridized carbons (Fsp3) is 0.176. The number of anilines is 1.